The first-order chi connectivity index (χ1) is 10.1. The minimum atomic E-state index is 0.730. The molecule has 4 heteroatoms. The van der Waals surface area contributed by atoms with Crippen LogP contribution in [0.15, 0.2) is 47.4 Å². The van der Waals surface area contributed by atoms with Gasteiger partial charge in [0, 0.05) is 34.4 Å². The normalized spacial score (nSPS) is 10.7. The molecule has 0 aliphatic rings. The summed E-state index contributed by atoms with van der Waals surface area (Å²) in [7, 11) is 0. The van der Waals surface area contributed by atoms with Crippen LogP contribution in [0.2, 0.25) is 10.0 Å². The molecule has 0 saturated carbocycles. The van der Waals surface area contributed by atoms with Gasteiger partial charge in [0.2, 0.25) is 0 Å². The molecule has 0 aliphatic carbocycles. The second kappa shape index (κ2) is 7.98. The Morgan fingerprint density at radius 1 is 1.10 bits per heavy atom. The molecule has 0 bridgehead atoms. The quantitative estimate of drug-likeness (QED) is 0.601. The topological polar surface area (TPSA) is 3.24 Å². The van der Waals surface area contributed by atoms with E-state index in [9.17, 15) is 0 Å². The van der Waals surface area contributed by atoms with E-state index in [0.717, 1.165) is 33.8 Å². The van der Waals surface area contributed by atoms with Gasteiger partial charge in [0.1, 0.15) is 0 Å². The number of thioether (sulfide) groups is 1. The fourth-order valence-electron chi connectivity index (χ4n) is 2.15. The lowest BCUT2D eigenvalue weighted by molar-refractivity contribution is 0.871. The molecule has 0 unspecified atom stereocenters. The Balaban J connectivity index is 1.96. The maximum atomic E-state index is 6.19. The summed E-state index contributed by atoms with van der Waals surface area (Å²) in [6.07, 6.45) is 0. The first-order valence-electron chi connectivity index (χ1n) is 6.99. The van der Waals surface area contributed by atoms with E-state index in [1.54, 1.807) is 11.8 Å². The number of benzene rings is 2. The Morgan fingerprint density at radius 2 is 1.90 bits per heavy atom. The van der Waals surface area contributed by atoms with Crippen molar-refractivity contribution < 1.29 is 0 Å². The minimum absolute atomic E-state index is 0.730. The largest absolute Gasteiger partial charge is 0.371 e. The number of aryl methyl sites for hydroxylation is 1. The van der Waals surface area contributed by atoms with Gasteiger partial charge in [-0.25, -0.2) is 0 Å². The molecule has 0 spiro atoms. The summed E-state index contributed by atoms with van der Waals surface area (Å²) in [6.45, 7) is 6.28. The van der Waals surface area contributed by atoms with E-state index >= 15 is 0 Å². The van der Waals surface area contributed by atoms with Crippen LogP contribution in [0.4, 0.5) is 5.69 Å². The van der Waals surface area contributed by atoms with E-state index in [4.69, 9.17) is 23.2 Å². The van der Waals surface area contributed by atoms with Gasteiger partial charge >= 0.3 is 0 Å². The molecular weight excluding hydrogens is 321 g/mol. The standard InChI is InChI=1S/C17H19Cl2NS/c1-3-20(15-6-4-5-13(2)11-15)9-10-21-17-12-14(18)7-8-16(17)19/h4-8,11-12H,3,9-10H2,1-2H3. The minimum Gasteiger partial charge on any atom is -0.371 e. The van der Waals surface area contributed by atoms with Crippen LogP contribution >= 0.6 is 35.0 Å². The zero-order valence-corrected chi connectivity index (χ0v) is 14.6. The third-order valence-electron chi connectivity index (χ3n) is 3.26. The van der Waals surface area contributed by atoms with Gasteiger partial charge in [0.25, 0.3) is 0 Å². The highest BCUT2D eigenvalue weighted by Crippen LogP contribution is 2.30. The van der Waals surface area contributed by atoms with E-state index < -0.39 is 0 Å². The van der Waals surface area contributed by atoms with Crippen molar-refractivity contribution in [3.63, 3.8) is 0 Å². The molecule has 0 atom stereocenters. The van der Waals surface area contributed by atoms with E-state index in [1.807, 2.05) is 18.2 Å². The van der Waals surface area contributed by atoms with Crippen molar-refractivity contribution >= 4 is 40.7 Å². The molecule has 0 N–H and O–H groups in total. The number of halogens is 2. The molecule has 0 aliphatic heterocycles. The lowest BCUT2D eigenvalue weighted by Crippen LogP contribution is -2.25. The second-order valence-corrected chi connectivity index (χ2v) is 6.82. The fourth-order valence-corrected chi connectivity index (χ4v) is 3.61. The highest BCUT2D eigenvalue weighted by Gasteiger charge is 2.06. The summed E-state index contributed by atoms with van der Waals surface area (Å²) in [6, 6.07) is 14.2. The highest BCUT2D eigenvalue weighted by molar-refractivity contribution is 7.99. The van der Waals surface area contributed by atoms with Crippen molar-refractivity contribution in [2.75, 3.05) is 23.7 Å². The van der Waals surface area contributed by atoms with Gasteiger partial charge in [-0.15, -0.1) is 11.8 Å². The Labute approximate surface area is 141 Å². The van der Waals surface area contributed by atoms with Crippen LogP contribution in [-0.4, -0.2) is 18.8 Å². The van der Waals surface area contributed by atoms with Crippen molar-refractivity contribution in [1.29, 1.82) is 0 Å². The second-order valence-electron chi connectivity index (χ2n) is 4.84. The molecule has 1 nitrogen and oxygen atoms in total. The Kier molecular flexibility index (Phi) is 6.28. The van der Waals surface area contributed by atoms with E-state index in [2.05, 4.69) is 43.0 Å². The summed E-state index contributed by atoms with van der Waals surface area (Å²) >= 11 is 14.0. The van der Waals surface area contributed by atoms with Gasteiger partial charge in [-0.1, -0.05) is 35.3 Å². The number of nitrogens with zero attached hydrogens (tertiary/aromatic N) is 1. The molecule has 112 valence electrons. The maximum absolute atomic E-state index is 6.19. The molecule has 0 amide bonds. The van der Waals surface area contributed by atoms with Gasteiger partial charge in [0.15, 0.2) is 0 Å². The molecule has 0 heterocycles. The van der Waals surface area contributed by atoms with Crippen LogP contribution in [0.1, 0.15) is 12.5 Å². The van der Waals surface area contributed by atoms with Gasteiger partial charge < -0.3 is 4.90 Å². The Bertz CT molecular complexity index is 601. The highest BCUT2D eigenvalue weighted by atomic mass is 35.5. The molecule has 0 aromatic heterocycles. The van der Waals surface area contributed by atoms with Gasteiger partial charge in [-0.2, -0.15) is 0 Å². The lowest BCUT2D eigenvalue weighted by atomic mass is 10.2. The number of rotatable bonds is 6. The van der Waals surface area contributed by atoms with Crippen molar-refractivity contribution in [3.8, 4) is 0 Å². The SMILES string of the molecule is CCN(CCSc1cc(Cl)ccc1Cl)c1cccc(C)c1. The summed E-state index contributed by atoms with van der Waals surface area (Å²) in [5.74, 6) is 0.974. The predicted octanol–water partition coefficient (Wildman–Crippen LogP) is 5.92. The molecule has 0 radical (unpaired) electrons. The first kappa shape index (κ1) is 16.5. The summed E-state index contributed by atoms with van der Waals surface area (Å²) in [5, 5.41) is 1.50. The van der Waals surface area contributed by atoms with Crippen molar-refractivity contribution in [3.05, 3.63) is 58.1 Å². The van der Waals surface area contributed by atoms with Crippen LogP contribution in [0.25, 0.3) is 0 Å². The summed E-state index contributed by atoms with van der Waals surface area (Å²) in [4.78, 5) is 3.42. The van der Waals surface area contributed by atoms with E-state index in [-0.39, 0.29) is 0 Å². The molecule has 2 aromatic carbocycles. The number of anilines is 1. The number of hydrogen-bond donors (Lipinski definition) is 0. The zero-order valence-electron chi connectivity index (χ0n) is 12.3. The molecule has 0 fully saturated rings. The molecular formula is C17H19Cl2NS. The van der Waals surface area contributed by atoms with Crippen LogP contribution < -0.4 is 4.90 Å². The van der Waals surface area contributed by atoms with Crippen molar-refractivity contribution in [1.82, 2.24) is 0 Å². The van der Waals surface area contributed by atoms with Gasteiger partial charge in [-0.3, -0.25) is 0 Å². The average Bonchev–Trinajstić information content (AvgIpc) is 2.47. The van der Waals surface area contributed by atoms with Crippen LogP contribution in [0, 0.1) is 6.92 Å². The fraction of sp³-hybridized carbons (Fsp3) is 0.294. The van der Waals surface area contributed by atoms with Crippen LogP contribution in [0.5, 0.6) is 0 Å². The molecule has 2 aromatic rings. The van der Waals surface area contributed by atoms with Crippen molar-refractivity contribution in [2.24, 2.45) is 0 Å². The maximum Gasteiger partial charge on any atom is 0.0542 e. The van der Waals surface area contributed by atoms with Gasteiger partial charge in [-0.05, 0) is 49.7 Å². The van der Waals surface area contributed by atoms with Crippen LogP contribution in [0.3, 0.4) is 0 Å². The third kappa shape index (κ3) is 4.84. The molecule has 2 rings (SSSR count). The zero-order chi connectivity index (χ0) is 15.2. The molecule has 0 saturated heterocycles. The van der Waals surface area contributed by atoms with Gasteiger partial charge in [0.05, 0.1) is 5.02 Å². The average molecular weight is 340 g/mol. The Morgan fingerprint density at radius 3 is 2.62 bits per heavy atom. The third-order valence-corrected chi connectivity index (χ3v) is 4.97. The summed E-state index contributed by atoms with van der Waals surface area (Å²) < 4.78 is 0. The predicted molar refractivity (Wildman–Crippen MR) is 96.3 cm³/mol. The molecule has 21 heavy (non-hydrogen) atoms. The summed E-state index contributed by atoms with van der Waals surface area (Å²) in [5.41, 5.74) is 2.56. The first-order valence-corrected chi connectivity index (χ1v) is 8.73. The van der Waals surface area contributed by atoms with Crippen molar-refractivity contribution in [2.45, 2.75) is 18.7 Å². The van der Waals surface area contributed by atoms with E-state index in [0.29, 0.717) is 0 Å². The Hall–Kier alpha value is -0.830. The van der Waals surface area contributed by atoms with E-state index in [1.165, 1.54) is 11.3 Å². The van der Waals surface area contributed by atoms with Crippen LogP contribution in [-0.2, 0) is 0 Å². The number of hydrogen-bond acceptors (Lipinski definition) is 2. The smallest absolute Gasteiger partial charge is 0.0542 e. The lowest BCUT2D eigenvalue weighted by Gasteiger charge is -2.23. The monoisotopic (exact) mass is 339 g/mol.